The molecule has 0 bridgehead atoms. The third-order valence-corrected chi connectivity index (χ3v) is 7.86. The highest BCUT2D eigenvalue weighted by atomic mass is 32.2. The van der Waals surface area contributed by atoms with E-state index in [0.717, 1.165) is 31.2 Å². The Balaban J connectivity index is 1.46. The highest BCUT2D eigenvalue weighted by Gasteiger charge is 2.30. The fraction of sp³-hybridized carbons (Fsp3) is 0.364. The van der Waals surface area contributed by atoms with Gasteiger partial charge in [0.2, 0.25) is 0 Å². The monoisotopic (exact) mass is 416 g/mol. The second-order valence-corrected chi connectivity index (χ2v) is 9.78. The first-order chi connectivity index (χ1) is 13.7. The number of rotatable bonds is 5. The molecule has 4 nitrogen and oxygen atoms in total. The van der Waals surface area contributed by atoms with Gasteiger partial charge in [0.15, 0.2) is 0 Å². The molecule has 0 aromatic heterocycles. The Kier molecular flexibility index (Phi) is 6.40. The first-order valence-electron chi connectivity index (χ1n) is 9.61. The van der Waals surface area contributed by atoms with Crippen LogP contribution in [-0.4, -0.2) is 26.4 Å². The van der Waals surface area contributed by atoms with Crippen molar-refractivity contribution in [3.63, 3.8) is 0 Å². The van der Waals surface area contributed by atoms with Gasteiger partial charge < -0.3 is 9.47 Å². The van der Waals surface area contributed by atoms with Gasteiger partial charge in [-0.3, -0.25) is 4.21 Å². The predicted octanol–water partition coefficient (Wildman–Crippen LogP) is 4.30. The van der Waals surface area contributed by atoms with Crippen LogP contribution < -0.4 is 0 Å². The maximum atomic E-state index is 12.7. The van der Waals surface area contributed by atoms with Crippen molar-refractivity contribution in [1.82, 2.24) is 0 Å². The Morgan fingerprint density at radius 3 is 2.32 bits per heavy atom. The summed E-state index contributed by atoms with van der Waals surface area (Å²) in [6.45, 7) is 0.549. The highest BCUT2D eigenvalue weighted by Crippen LogP contribution is 2.30. The van der Waals surface area contributed by atoms with E-state index in [1.165, 1.54) is 0 Å². The second-order valence-electron chi connectivity index (χ2n) is 7.09. The van der Waals surface area contributed by atoms with Crippen LogP contribution in [0.15, 0.2) is 75.6 Å². The molecule has 1 aliphatic carbocycles. The third-order valence-electron chi connectivity index (χ3n) is 5.07. The molecule has 2 aliphatic rings. The number of fused-ring (bicyclic) bond motifs is 1. The molecule has 1 aliphatic heterocycles. The van der Waals surface area contributed by atoms with E-state index in [1.807, 2.05) is 30.3 Å². The van der Waals surface area contributed by atoms with E-state index in [-0.39, 0.29) is 18.0 Å². The molecule has 4 atom stereocenters. The van der Waals surface area contributed by atoms with E-state index in [4.69, 9.17) is 9.47 Å². The normalized spacial score (nSPS) is 27.4. The van der Waals surface area contributed by atoms with Crippen LogP contribution in [0.3, 0.4) is 0 Å². The van der Waals surface area contributed by atoms with Crippen LogP contribution in [0.2, 0.25) is 0 Å². The van der Waals surface area contributed by atoms with Gasteiger partial charge in [-0.15, -0.1) is 0 Å². The predicted molar refractivity (Wildman–Crippen MR) is 111 cm³/mol. The van der Waals surface area contributed by atoms with Crippen molar-refractivity contribution in [2.24, 2.45) is 0 Å². The van der Waals surface area contributed by atoms with Crippen LogP contribution in [-0.2, 0) is 37.7 Å². The maximum Gasteiger partial charge on any atom is 0.124 e. The summed E-state index contributed by atoms with van der Waals surface area (Å²) < 4.78 is 37.8. The largest absolute Gasteiger partial charge is 0.490 e. The molecule has 0 unspecified atom stereocenters. The lowest BCUT2D eigenvalue weighted by Gasteiger charge is -2.32. The number of hydrogen-bond acceptors (Lipinski definition) is 4. The van der Waals surface area contributed by atoms with Gasteiger partial charge in [0, 0.05) is 5.41 Å². The van der Waals surface area contributed by atoms with E-state index in [9.17, 15) is 8.42 Å². The Labute approximate surface area is 170 Å². The van der Waals surface area contributed by atoms with E-state index in [1.54, 1.807) is 17.5 Å². The van der Waals surface area contributed by atoms with Gasteiger partial charge in [0.05, 0.1) is 49.9 Å². The summed E-state index contributed by atoms with van der Waals surface area (Å²) in [6, 6.07) is 17.3. The second kappa shape index (κ2) is 9.16. The summed E-state index contributed by atoms with van der Waals surface area (Å²) in [4.78, 5) is 1.25. The smallest absolute Gasteiger partial charge is 0.124 e. The quantitative estimate of drug-likeness (QED) is 0.729. The van der Waals surface area contributed by atoms with Crippen LogP contribution in [0.4, 0.5) is 0 Å². The Hall–Kier alpha value is -1.76. The molecule has 1 fully saturated rings. The fourth-order valence-electron chi connectivity index (χ4n) is 3.65. The van der Waals surface area contributed by atoms with E-state index >= 15 is 0 Å². The van der Waals surface area contributed by atoms with Gasteiger partial charge in [0.25, 0.3) is 0 Å². The summed E-state index contributed by atoms with van der Waals surface area (Å²) in [5.74, 6) is 0.804. The average molecular weight is 417 g/mol. The summed E-state index contributed by atoms with van der Waals surface area (Å²) in [5.41, 5.74) is 1.14. The number of benzene rings is 2. The minimum atomic E-state index is -1.35. The Bertz CT molecular complexity index is 894. The molecule has 0 amide bonds. The van der Waals surface area contributed by atoms with Crippen LogP contribution in [0.25, 0.3) is 0 Å². The standard InChI is InChI=1S/C22H24O4S2/c23-27-15-18(16-28(24)22-13-7-6-12-21(22)27)26-20-11-5-4-10-19(20)25-14-17-8-2-1-3-9-17/h1-3,6-9,12-13,15,19-20H,4-5,10-11,14,16H2/t19-,20+,27+,28+/m0/s1. The lowest BCUT2D eigenvalue weighted by Crippen LogP contribution is -2.35. The zero-order chi connectivity index (χ0) is 19.3. The molecule has 6 heteroatoms. The lowest BCUT2D eigenvalue weighted by atomic mass is 9.94. The lowest BCUT2D eigenvalue weighted by molar-refractivity contribution is -0.0775. The molecular weight excluding hydrogens is 392 g/mol. The van der Waals surface area contributed by atoms with Crippen molar-refractivity contribution in [2.75, 3.05) is 5.75 Å². The molecule has 148 valence electrons. The zero-order valence-corrected chi connectivity index (χ0v) is 17.3. The first-order valence-corrected chi connectivity index (χ1v) is 12.1. The minimum Gasteiger partial charge on any atom is -0.490 e. The maximum absolute atomic E-state index is 12.7. The van der Waals surface area contributed by atoms with Crippen LogP contribution in [0, 0.1) is 0 Å². The third kappa shape index (κ3) is 4.62. The van der Waals surface area contributed by atoms with Crippen LogP contribution in [0.5, 0.6) is 0 Å². The molecule has 0 radical (unpaired) electrons. The Morgan fingerprint density at radius 2 is 1.54 bits per heavy atom. The molecule has 2 aromatic carbocycles. The average Bonchev–Trinajstić information content (AvgIpc) is 2.85. The Morgan fingerprint density at radius 1 is 0.857 bits per heavy atom. The molecule has 1 heterocycles. The summed E-state index contributed by atoms with van der Waals surface area (Å²) >= 11 is 0. The zero-order valence-electron chi connectivity index (χ0n) is 15.6. The van der Waals surface area contributed by atoms with Crippen LogP contribution in [0.1, 0.15) is 31.2 Å². The minimum absolute atomic E-state index is 0.0117. The van der Waals surface area contributed by atoms with Crippen molar-refractivity contribution in [3.05, 3.63) is 71.3 Å². The molecule has 0 N–H and O–H groups in total. The highest BCUT2D eigenvalue weighted by molar-refractivity contribution is 7.90. The summed E-state index contributed by atoms with van der Waals surface area (Å²) in [7, 11) is -2.61. The summed E-state index contributed by atoms with van der Waals surface area (Å²) in [5, 5.41) is 1.62. The van der Waals surface area contributed by atoms with Gasteiger partial charge >= 0.3 is 0 Å². The van der Waals surface area contributed by atoms with Gasteiger partial charge in [0.1, 0.15) is 11.9 Å². The van der Waals surface area contributed by atoms with Gasteiger partial charge in [-0.25, -0.2) is 4.21 Å². The molecular formula is C22H24O4S2. The van der Waals surface area contributed by atoms with Crippen molar-refractivity contribution >= 4 is 21.6 Å². The first kappa shape index (κ1) is 19.6. The molecule has 2 aromatic rings. The van der Waals surface area contributed by atoms with Crippen LogP contribution >= 0.6 is 0 Å². The van der Waals surface area contributed by atoms with Gasteiger partial charge in [-0.2, -0.15) is 0 Å². The van der Waals surface area contributed by atoms with Crippen molar-refractivity contribution < 1.29 is 17.9 Å². The van der Waals surface area contributed by atoms with Gasteiger partial charge in [-0.05, 0) is 37.0 Å². The molecule has 0 spiro atoms. The SMILES string of the molecule is O=[S@@]1C=C(O[C@@H]2CCCC[C@@H]2OCc2ccccc2)C[S@@](=O)c2ccccc21. The number of hydrogen-bond donors (Lipinski definition) is 0. The molecule has 4 rings (SSSR count). The van der Waals surface area contributed by atoms with Crippen molar-refractivity contribution in [2.45, 2.75) is 54.3 Å². The van der Waals surface area contributed by atoms with Crippen molar-refractivity contribution in [3.8, 4) is 0 Å². The summed E-state index contributed by atoms with van der Waals surface area (Å²) in [6.07, 6.45) is 3.92. The van der Waals surface area contributed by atoms with E-state index < -0.39 is 21.6 Å². The molecule has 28 heavy (non-hydrogen) atoms. The molecule has 0 saturated heterocycles. The van der Waals surface area contributed by atoms with E-state index in [2.05, 4.69) is 12.1 Å². The fourth-order valence-corrected chi connectivity index (χ4v) is 6.35. The number of ether oxygens (including phenoxy) is 2. The van der Waals surface area contributed by atoms with E-state index in [0.29, 0.717) is 22.2 Å². The van der Waals surface area contributed by atoms with Gasteiger partial charge in [-0.1, -0.05) is 48.9 Å². The van der Waals surface area contributed by atoms with Crippen molar-refractivity contribution in [1.29, 1.82) is 0 Å². The molecule has 1 saturated carbocycles. The topological polar surface area (TPSA) is 52.6 Å².